The lowest BCUT2D eigenvalue weighted by atomic mass is 9.98. The van der Waals surface area contributed by atoms with Crippen LogP contribution in [-0.4, -0.2) is 23.5 Å². The van der Waals surface area contributed by atoms with E-state index in [9.17, 15) is 14.7 Å². The summed E-state index contributed by atoms with van der Waals surface area (Å²) in [6, 6.07) is 9.47. The molecule has 0 radical (unpaired) electrons. The molecular weight excluding hydrogens is 254 g/mol. The number of aliphatic carboxylic acids is 1. The van der Waals surface area contributed by atoms with E-state index in [4.69, 9.17) is 0 Å². The lowest BCUT2D eigenvalue weighted by Gasteiger charge is -2.16. The van der Waals surface area contributed by atoms with Crippen LogP contribution in [0.15, 0.2) is 30.3 Å². The molecule has 110 valence electrons. The fourth-order valence-electron chi connectivity index (χ4n) is 2.11. The van der Waals surface area contributed by atoms with Crippen LogP contribution < -0.4 is 5.32 Å². The van der Waals surface area contributed by atoms with E-state index in [1.165, 1.54) is 0 Å². The number of amides is 1. The molecule has 1 aromatic carbocycles. The predicted molar refractivity (Wildman–Crippen MR) is 78.4 cm³/mol. The first-order valence-corrected chi connectivity index (χ1v) is 7.09. The van der Waals surface area contributed by atoms with Crippen molar-refractivity contribution in [2.45, 2.75) is 33.1 Å². The van der Waals surface area contributed by atoms with Crippen molar-refractivity contribution in [3.05, 3.63) is 35.9 Å². The van der Waals surface area contributed by atoms with E-state index in [2.05, 4.69) is 5.32 Å². The number of carboxylic acids is 1. The first kappa shape index (κ1) is 16.2. The molecule has 0 fully saturated rings. The average molecular weight is 277 g/mol. The molecule has 1 amide bonds. The Kier molecular flexibility index (Phi) is 6.77. The Morgan fingerprint density at radius 1 is 1.25 bits per heavy atom. The maximum absolute atomic E-state index is 11.8. The summed E-state index contributed by atoms with van der Waals surface area (Å²) in [7, 11) is 0. The second-order valence-electron chi connectivity index (χ2n) is 5.16. The third-order valence-corrected chi connectivity index (χ3v) is 3.37. The van der Waals surface area contributed by atoms with Gasteiger partial charge in [-0.15, -0.1) is 0 Å². The summed E-state index contributed by atoms with van der Waals surface area (Å²) in [5.41, 5.74) is 0.968. The van der Waals surface area contributed by atoms with E-state index >= 15 is 0 Å². The van der Waals surface area contributed by atoms with Crippen LogP contribution in [0.2, 0.25) is 0 Å². The molecule has 1 aromatic rings. The van der Waals surface area contributed by atoms with Crippen LogP contribution in [0, 0.1) is 11.8 Å². The Hall–Kier alpha value is -1.84. The number of rotatable bonds is 8. The molecule has 0 spiro atoms. The molecule has 1 rings (SSSR count). The molecule has 20 heavy (non-hydrogen) atoms. The van der Waals surface area contributed by atoms with Crippen molar-refractivity contribution < 1.29 is 14.7 Å². The zero-order valence-electron chi connectivity index (χ0n) is 12.1. The minimum Gasteiger partial charge on any atom is -0.481 e. The van der Waals surface area contributed by atoms with Crippen molar-refractivity contribution in [1.82, 2.24) is 5.32 Å². The fourth-order valence-corrected chi connectivity index (χ4v) is 2.11. The maximum Gasteiger partial charge on any atom is 0.308 e. The summed E-state index contributed by atoms with van der Waals surface area (Å²) in [5, 5.41) is 12.0. The van der Waals surface area contributed by atoms with Crippen molar-refractivity contribution >= 4 is 11.9 Å². The number of carboxylic acid groups (broad SMARTS) is 1. The highest BCUT2D eigenvalue weighted by Gasteiger charge is 2.20. The minimum atomic E-state index is -0.878. The molecule has 0 bridgehead atoms. The topological polar surface area (TPSA) is 66.4 Å². The first-order chi connectivity index (χ1) is 9.54. The lowest BCUT2D eigenvalue weighted by molar-refractivity contribution is -0.141. The molecule has 0 aliphatic carbocycles. The third kappa shape index (κ3) is 5.43. The molecule has 0 aromatic heterocycles. The van der Waals surface area contributed by atoms with E-state index < -0.39 is 11.9 Å². The Labute approximate surface area is 120 Å². The summed E-state index contributed by atoms with van der Waals surface area (Å²) >= 11 is 0. The van der Waals surface area contributed by atoms with Crippen LogP contribution in [-0.2, 0) is 16.0 Å². The smallest absolute Gasteiger partial charge is 0.308 e. The lowest BCUT2D eigenvalue weighted by Crippen LogP contribution is -2.36. The molecule has 0 aliphatic heterocycles. The summed E-state index contributed by atoms with van der Waals surface area (Å²) in [4.78, 5) is 23.1. The zero-order valence-corrected chi connectivity index (χ0v) is 12.1. The van der Waals surface area contributed by atoms with Gasteiger partial charge in [-0.1, -0.05) is 50.6 Å². The van der Waals surface area contributed by atoms with Crippen molar-refractivity contribution in [3.63, 3.8) is 0 Å². The van der Waals surface area contributed by atoms with Crippen molar-refractivity contribution in [2.75, 3.05) is 6.54 Å². The predicted octanol–water partition coefficient (Wildman–Crippen LogP) is 2.48. The Morgan fingerprint density at radius 3 is 2.45 bits per heavy atom. The van der Waals surface area contributed by atoms with Crippen LogP contribution in [0.1, 0.15) is 32.3 Å². The van der Waals surface area contributed by atoms with Gasteiger partial charge < -0.3 is 10.4 Å². The standard InChI is InChI=1S/C16H23NO3/c1-3-7-12(2)15(18)17-11-14(16(19)20)10-13-8-5-4-6-9-13/h4-6,8-9,12,14H,3,7,10-11H2,1-2H3,(H,17,18)(H,19,20). The van der Waals surface area contributed by atoms with E-state index in [1.54, 1.807) is 0 Å². The monoisotopic (exact) mass is 277 g/mol. The number of benzene rings is 1. The number of nitrogens with one attached hydrogen (secondary N) is 1. The highest BCUT2D eigenvalue weighted by molar-refractivity contribution is 5.79. The van der Waals surface area contributed by atoms with Gasteiger partial charge in [-0.05, 0) is 18.4 Å². The van der Waals surface area contributed by atoms with E-state index in [0.29, 0.717) is 6.42 Å². The van der Waals surface area contributed by atoms with Gasteiger partial charge >= 0.3 is 5.97 Å². The normalized spacial score (nSPS) is 13.5. The highest BCUT2D eigenvalue weighted by atomic mass is 16.4. The SMILES string of the molecule is CCCC(C)C(=O)NCC(Cc1ccccc1)C(=O)O. The average Bonchev–Trinajstić information content (AvgIpc) is 2.44. The fraction of sp³-hybridized carbons (Fsp3) is 0.500. The molecule has 2 unspecified atom stereocenters. The van der Waals surface area contributed by atoms with Crippen molar-refractivity contribution in [3.8, 4) is 0 Å². The summed E-state index contributed by atoms with van der Waals surface area (Å²) in [5.74, 6) is -1.59. The van der Waals surface area contributed by atoms with Crippen LogP contribution in [0.3, 0.4) is 0 Å². The van der Waals surface area contributed by atoms with Gasteiger partial charge in [-0.2, -0.15) is 0 Å². The molecule has 2 atom stereocenters. The second kappa shape index (κ2) is 8.35. The second-order valence-corrected chi connectivity index (χ2v) is 5.16. The minimum absolute atomic E-state index is 0.0637. The van der Waals surface area contributed by atoms with Crippen LogP contribution in [0.5, 0.6) is 0 Å². The Morgan fingerprint density at radius 2 is 1.90 bits per heavy atom. The van der Waals surface area contributed by atoms with Gasteiger partial charge in [0.05, 0.1) is 5.92 Å². The molecular formula is C16H23NO3. The van der Waals surface area contributed by atoms with Gasteiger partial charge in [0, 0.05) is 12.5 Å². The molecule has 4 heteroatoms. The van der Waals surface area contributed by atoms with Gasteiger partial charge in [0.15, 0.2) is 0 Å². The molecule has 0 aliphatic rings. The van der Waals surface area contributed by atoms with Gasteiger partial charge in [0.25, 0.3) is 0 Å². The number of carbonyl (C=O) groups excluding carboxylic acids is 1. The Bertz CT molecular complexity index is 431. The van der Waals surface area contributed by atoms with E-state index in [-0.39, 0.29) is 18.4 Å². The van der Waals surface area contributed by atoms with Gasteiger partial charge in [-0.25, -0.2) is 0 Å². The summed E-state index contributed by atoms with van der Waals surface area (Å²) in [6.45, 7) is 4.07. The third-order valence-electron chi connectivity index (χ3n) is 3.37. The largest absolute Gasteiger partial charge is 0.481 e. The van der Waals surface area contributed by atoms with E-state index in [0.717, 1.165) is 18.4 Å². The maximum atomic E-state index is 11.8. The molecule has 0 saturated heterocycles. The van der Waals surface area contributed by atoms with Crippen molar-refractivity contribution in [2.24, 2.45) is 11.8 Å². The van der Waals surface area contributed by atoms with Gasteiger partial charge in [-0.3, -0.25) is 9.59 Å². The van der Waals surface area contributed by atoms with E-state index in [1.807, 2.05) is 44.2 Å². The van der Waals surface area contributed by atoms with Crippen LogP contribution in [0.25, 0.3) is 0 Å². The molecule has 4 nitrogen and oxygen atoms in total. The number of hydrogen-bond acceptors (Lipinski definition) is 2. The number of carbonyl (C=O) groups is 2. The zero-order chi connectivity index (χ0) is 15.0. The molecule has 0 saturated carbocycles. The Balaban J connectivity index is 2.52. The van der Waals surface area contributed by atoms with Gasteiger partial charge in [0.1, 0.15) is 0 Å². The van der Waals surface area contributed by atoms with Crippen molar-refractivity contribution in [1.29, 1.82) is 0 Å². The van der Waals surface area contributed by atoms with Crippen LogP contribution >= 0.6 is 0 Å². The quantitative estimate of drug-likeness (QED) is 0.767. The molecule has 2 N–H and O–H groups in total. The number of hydrogen-bond donors (Lipinski definition) is 2. The summed E-state index contributed by atoms with van der Waals surface area (Å²) in [6.07, 6.45) is 2.20. The van der Waals surface area contributed by atoms with Crippen LogP contribution in [0.4, 0.5) is 0 Å². The first-order valence-electron chi connectivity index (χ1n) is 7.09. The van der Waals surface area contributed by atoms with Gasteiger partial charge in [0.2, 0.25) is 5.91 Å². The summed E-state index contributed by atoms with van der Waals surface area (Å²) < 4.78 is 0. The molecule has 0 heterocycles. The highest BCUT2D eigenvalue weighted by Crippen LogP contribution is 2.10.